The zero-order valence-corrected chi connectivity index (χ0v) is 21.0. The molecule has 2 aliphatic rings. The maximum Gasteiger partial charge on any atom is 0.239 e. The monoisotopic (exact) mass is 506 g/mol. The summed E-state index contributed by atoms with van der Waals surface area (Å²) in [5.41, 5.74) is 0.858. The summed E-state index contributed by atoms with van der Waals surface area (Å²) in [5, 5.41) is 14.0. The van der Waals surface area contributed by atoms with Gasteiger partial charge in [0.25, 0.3) is 0 Å². The average Bonchev–Trinajstić information content (AvgIpc) is 3.48. The number of carbonyl (C=O) groups excluding carboxylic acids is 2. The molecule has 1 amide bonds. The number of morpholine rings is 1. The Labute approximate surface area is 214 Å². The third kappa shape index (κ3) is 4.68. The van der Waals surface area contributed by atoms with Crippen LogP contribution in [0.3, 0.4) is 0 Å². The lowest BCUT2D eigenvalue weighted by Crippen LogP contribution is -3.14. The molecule has 194 valence electrons. The van der Waals surface area contributed by atoms with Crippen molar-refractivity contribution in [3.05, 3.63) is 71.2 Å². The highest BCUT2D eigenvalue weighted by atomic mass is 16.5. The number of benzene rings is 2. The van der Waals surface area contributed by atoms with Gasteiger partial charge >= 0.3 is 0 Å². The fraction of sp³-hybridized carbons (Fsp3) is 0.357. The summed E-state index contributed by atoms with van der Waals surface area (Å²) in [6, 6.07) is 13.2. The molecule has 9 nitrogen and oxygen atoms in total. The SMILES string of the molecule is COc1ccccc1C1C(C(=O)c2cc3cccc(OC)c3o2)=C([O-])C(=O)N1CCC[NH+]1CCOCC1. The number of fused-ring (bicyclic) bond motifs is 1. The summed E-state index contributed by atoms with van der Waals surface area (Å²) < 4.78 is 22.2. The smallest absolute Gasteiger partial charge is 0.239 e. The summed E-state index contributed by atoms with van der Waals surface area (Å²) >= 11 is 0. The number of quaternary nitrogens is 1. The molecule has 2 aromatic carbocycles. The number of nitrogens with one attached hydrogen (secondary N) is 1. The summed E-state index contributed by atoms with van der Waals surface area (Å²) in [6.07, 6.45) is 0.684. The van der Waals surface area contributed by atoms with Gasteiger partial charge in [0, 0.05) is 29.5 Å². The highest BCUT2D eigenvalue weighted by molar-refractivity contribution is 6.16. The van der Waals surface area contributed by atoms with E-state index >= 15 is 0 Å². The summed E-state index contributed by atoms with van der Waals surface area (Å²) in [6.45, 7) is 4.43. The Morgan fingerprint density at radius 3 is 2.57 bits per heavy atom. The zero-order valence-electron chi connectivity index (χ0n) is 21.0. The Morgan fingerprint density at radius 1 is 1.08 bits per heavy atom. The number of hydrogen-bond donors (Lipinski definition) is 1. The summed E-state index contributed by atoms with van der Waals surface area (Å²) in [4.78, 5) is 30.0. The molecule has 0 spiro atoms. The van der Waals surface area contributed by atoms with Crippen LogP contribution < -0.4 is 19.5 Å². The van der Waals surface area contributed by atoms with Gasteiger partial charge in [0.2, 0.25) is 11.7 Å². The number of carbonyl (C=O) groups is 2. The van der Waals surface area contributed by atoms with Gasteiger partial charge in [-0.3, -0.25) is 9.59 Å². The maximum absolute atomic E-state index is 13.8. The van der Waals surface area contributed by atoms with Crippen molar-refractivity contribution in [3.8, 4) is 11.5 Å². The maximum atomic E-state index is 13.8. The van der Waals surface area contributed by atoms with Crippen LogP contribution in [0, 0.1) is 0 Å². The van der Waals surface area contributed by atoms with E-state index in [4.69, 9.17) is 18.6 Å². The molecule has 1 saturated heterocycles. The molecule has 0 saturated carbocycles. The molecule has 9 heteroatoms. The van der Waals surface area contributed by atoms with Gasteiger partial charge < -0.3 is 33.5 Å². The number of rotatable bonds is 9. The highest BCUT2D eigenvalue weighted by Crippen LogP contribution is 2.42. The van der Waals surface area contributed by atoms with Gasteiger partial charge in [-0.15, -0.1) is 0 Å². The minimum absolute atomic E-state index is 0.0184. The van der Waals surface area contributed by atoms with E-state index in [0.717, 1.165) is 32.8 Å². The Morgan fingerprint density at radius 2 is 1.81 bits per heavy atom. The van der Waals surface area contributed by atoms with Gasteiger partial charge in [0.1, 0.15) is 18.8 Å². The molecule has 0 bridgehead atoms. The van der Waals surface area contributed by atoms with Gasteiger partial charge in [0.05, 0.1) is 40.0 Å². The quantitative estimate of drug-likeness (QED) is 0.434. The van der Waals surface area contributed by atoms with Crippen LogP contribution in [0.5, 0.6) is 11.5 Å². The number of ketones is 1. The third-order valence-electron chi connectivity index (χ3n) is 7.04. The second kappa shape index (κ2) is 10.7. The largest absolute Gasteiger partial charge is 0.868 e. The van der Waals surface area contributed by atoms with Crippen molar-refractivity contribution in [2.24, 2.45) is 0 Å². The van der Waals surface area contributed by atoms with E-state index < -0.39 is 23.5 Å². The van der Waals surface area contributed by atoms with Crippen LogP contribution in [0.4, 0.5) is 0 Å². The number of ether oxygens (including phenoxy) is 3. The van der Waals surface area contributed by atoms with Crippen molar-refractivity contribution in [1.82, 2.24) is 4.90 Å². The highest BCUT2D eigenvalue weighted by Gasteiger charge is 2.41. The van der Waals surface area contributed by atoms with Crippen LogP contribution in [0.15, 0.2) is 64.3 Å². The van der Waals surface area contributed by atoms with E-state index in [2.05, 4.69) is 0 Å². The number of methoxy groups -OCH3 is 2. The van der Waals surface area contributed by atoms with E-state index in [-0.39, 0.29) is 11.3 Å². The predicted octanol–water partition coefficient (Wildman–Crippen LogP) is 1.14. The molecule has 1 atom stereocenters. The van der Waals surface area contributed by atoms with Gasteiger partial charge in [-0.2, -0.15) is 0 Å². The molecule has 0 radical (unpaired) electrons. The predicted molar refractivity (Wildman–Crippen MR) is 133 cm³/mol. The van der Waals surface area contributed by atoms with Crippen molar-refractivity contribution in [2.75, 3.05) is 53.6 Å². The lowest BCUT2D eigenvalue weighted by atomic mass is 9.94. The number of nitrogens with zero attached hydrogens (tertiary/aromatic N) is 1. The molecule has 37 heavy (non-hydrogen) atoms. The first-order chi connectivity index (χ1) is 18.0. The normalized spacial score (nSPS) is 18.6. The summed E-state index contributed by atoms with van der Waals surface area (Å²) in [5.74, 6) is -1.17. The Balaban J connectivity index is 1.50. The molecule has 1 aromatic heterocycles. The van der Waals surface area contributed by atoms with Crippen molar-refractivity contribution >= 4 is 22.7 Å². The number of furan rings is 1. The van der Waals surface area contributed by atoms with Gasteiger partial charge in [-0.1, -0.05) is 30.3 Å². The summed E-state index contributed by atoms with van der Waals surface area (Å²) in [7, 11) is 3.04. The Kier molecular flexibility index (Phi) is 7.16. The second-order valence-electron chi connectivity index (χ2n) is 9.17. The van der Waals surface area contributed by atoms with Crippen molar-refractivity contribution in [1.29, 1.82) is 0 Å². The van der Waals surface area contributed by atoms with Crippen LogP contribution in [-0.2, 0) is 9.53 Å². The first kappa shape index (κ1) is 24.9. The molecule has 1 unspecified atom stereocenters. The number of Topliss-reactive ketones (excluding diaryl/α,β-unsaturated/α-hetero) is 1. The van der Waals surface area contributed by atoms with Crippen molar-refractivity contribution in [3.63, 3.8) is 0 Å². The molecule has 3 aromatic rings. The lowest BCUT2D eigenvalue weighted by Gasteiger charge is -2.30. The van der Waals surface area contributed by atoms with Crippen LogP contribution in [0.1, 0.15) is 28.6 Å². The molecule has 0 aliphatic carbocycles. The first-order valence-electron chi connectivity index (χ1n) is 12.4. The van der Waals surface area contributed by atoms with Gasteiger partial charge in [-0.05, 0) is 24.0 Å². The van der Waals surface area contributed by atoms with E-state index in [9.17, 15) is 14.7 Å². The number of hydrogen-bond acceptors (Lipinski definition) is 7. The van der Waals surface area contributed by atoms with Crippen molar-refractivity contribution in [2.45, 2.75) is 12.5 Å². The van der Waals surface area contributed by atoms with Crippen LogP contribution >= 0.6 is 0 Å². The molecular weight excluding hydrogens is 476 g/mol. The Bertz CT molecular complexity index is 1340. The second-order valence-corrected chi connectivity index (χ2v) is 9.17. The van der Waals surface area contributed by atoms with E-state index in [1.807, 2.05) is 0 Å². The molecule has 2 aliphatic heterocycles. The lowest BCUT2D eigenvalue weighted by molar-refractivity contribution is -0.908. The van der Waals surface area contributed by atoms with Crippen LogP contribution in [0.2, 0.25) is 0 Å². The fourth-order valence-corrected chi connectivity index (χ4v) is 5.17. The fourth-order valence-electron chi connectivity index (χ4n) is 5.17. The molecule has 1 N–H and O–H groups in total. The zero-order chi connectivity index (χ0) is 25.9. The molecular formula is C28H30N2O7. The minimum atomic E-state index is -0.876. The first-order valence-corrected chi connectivity index (χ1v) is 12.4. The standard InChI is InChI=1S/C28H30N2O7/c1-34-20-9-4-3-8-19(20)24-23(25(31)22-17-18-7-5-10-21(35-2)27(18)37-22)26(32)28(33)30(24)12-6-11-29-13-15-36-16-14-29/h3-5,7-10,17,24,32H,6,11-16H2,1-2H3. The van der Waals surface area contributed by atoms with Crippen LogP contribution in [-0.4, -0.2) is 70.2 Å². The third-order valence-corrected chi connectivity index (χ3v) is 7.04. The average molecular weight is 507 g/mol. The molecule has 5 rings (SSSR count). The van der Waals surface area contributed by atoms with Gasteiger partial charge in [-0.25, -0.2) is 0 Å². The minimum Gasteiger partial charge on any atom is -0.868 e. The van der Waals surface area contributed by atoms with Crippen LogP contribution in [0.25, 0.3) is 11.0 Å². The van der Waals surface area contributed by atoms with Gasteiger partial charge in [0.15, 0.2) is 17.1 Å². The van der Waals surface area contributed by atoms with E-state index in [1.165, 1.54) is 24.0 Å². The number of amides is 1. The molecule has 1 fully saturated rings. The van der Waals surface area contributed by atoms with E-state index in [1.54, 1.807) is 48.5 Å². The molecule has 3 heterocycles. The Hall–Kier alpha value is -3.82. The topological polar surface area (TPSA) is 106 Å². The van der Waals surface area contributed by atoms with E-state index in [0.29, 0.717) is 41.0 Å². The number of para-hydroxylation sites is 2. The van der Waals surface area contributed by atoms with Crippen molar-refractivity contribution < 1.29 is 38.2 Å².